The normalized spacial score (nSPS) is 10.9. The van der Waals surface area contributed by atoms with Crippen LogP contribution in [0, 0.1) is 11.3 Å². The highest BCUT2D eigenvalue weighted by molar-refractivity contribution is 5.77. The topological polar surface area (TPSA) is 62.6 Å². The first-order valence-corrected chi connectivity index (χ1v) is 9.37. The summed E-state index contributed by atoms with van der Waals surface area (Å²) in [6.07, 6.45) is 0. The van der Waals surface area contributed by atoms with Crippen LogP contribution in [-0.4, -0.2) is 31.1 Å². The molecule has 0 saturated heterocycles. The number of rotatable bonds is 7. The van der Waals surface area contributed by atoms with Crippen molar-refractivity contribution in [1.29, 1.82) is 5.26 Å². The van der Waals surface area contributed by atoms with Gasteiger partial charge in [-0.05, 0) is 35.6 Å². The van der Waals surface area contributed by atoms with Crippen molar-refractivity contribution in [1.82, 2.24) is 4.90 Å². The van der Waals surface area contributed by atoms with Gasteiger partial charge in [-0.25, -0.2) is 0 Å². The fraction of sp³-hybridized carbons (Fsp3) is 0.391. The first-order chi connectivity index (χ1) is 13.2. The van der Waals surface area contributed by atoms with E-state index in [4.69, 9.17) is 14.7 Å². The molecule has 2 aromatic carbocycles. The van der Waals surface area contributed by atoms with Gasteiger partial charge in [-0.2, -0.15) is 5.26 Å². The number of likely N-dealkylation sites (N-methyl/N-ethyl adjacent to an activating group) is 1. The summed E-state index contributed by atoms with van der Waals surface area (Å²) in [5, 5.41) is 9.01. The van der Waals surface area contributed by atoms with Crippen LogP contribution < -0.4 is 9.47 Å². The Morgan fingerprint density at radius 3 is 2.32 bits per heavy atom. The summed E-state index contributed by atoms with van der Waals surface area (Å²) in [5.41, 5.74) is 2.92. The molecule has 0 aliphatic rings. The Hall–Kier alpha value is -3.00. The molecule has 5 heteroatoms. The Labute approximate surface area is 167 Å². The second-order valence-electron chi connectivity index (χ2n) is 7.69. The molecule has 148 valence electrons. The molecule has 2 rings (SSSR count). The van der Waals surface area contributed by atoms with E-state index >= 15 is 0 Å². The van der Waals surface area contributed by atoms with Crippen molar-refractivity contribution in [3.8, 4) is 17.6 Å². The van der Waals surface area contributed by atoms with E-state index in [0.717, 1.165) is 5.56 Å². The van der Waals surface area contributed by atoms with E-state index in [1.165, 1.54) is 5.56 Å². The molecule has 0 aliphatic heterocycles. The van der Waals surface area contributed by atoms with Gasteiger partial charge in [0.05, 0.1) is 18.2 Å². The zero-order valence-electron chi connectivity index (χ0n) is 17.3. The van der Waals surface area contributed by atoms with Crippen LogP contribution in [-0.2, 0) is 16.8 Å². The van der Waals surface area contributed by atoms with Crippen LogP contribution in [0.25, 0.3) is 0 Å². The molecule has 0 heterocycles. The van der Waals surface area contributed by atoms with Crippen molar-refractivity contribution in [2.24, 2.45) is 0 Å². The molecule has 1 amide bonds. The molecule has 5 nitrogen and oxygen atoms in total. The van der Waals surface area contributed by atoms with Gasteiger partial charge in [0, 0.05) is 19.7 Å². The van der Waals surface area contributed by atoms with Crippen molar-refractivity contribution < 1.29 is 14.3 Å². The summed E-state index contributed by atoms with van der Waals surface area (Å²) in [5.74, 6) is 0.790. The smallest absolute Gasteiger partial charge is 0.260 e. The highest BCUT2D eigenvalue weighted by atomic mass is 16.5. The summed E-state index contributed by atoms with van der Waals surface area (Å²) in [6.45, 7) is 9.25. The summed E-state index contributed by atoms with van der Waals surface area (Å²) >= 11 is 0. The minimum atomic E-state index is -0.133. The van der Waals surface area contributed by atoms with Gasteiger partial charge >= 0.3 is 0 Å². The van der Waals surface area contributed by atoms with Crippen LogP contribution in [0.15, 0.2) is 42.5 Å². The molecule has 0 spiro atoms. The third-order valence-corrected chi connectivity index (χ3v) is 4.39. The van der Waals surface area contributed by atoms with Crippen molar-refractivity contribution in [3.05, 3.63) is 59.2 Å². The largest absolute Gasteiger partial charge is 0.490 e. The Morgan fingerprint density at radius 2 is 1.75 bits per heavy atom. The zero-order valence-corrected chi connectivity index (χ0v) is 17.3. The predicted molar refractivity (Wildman–Crippen MR) is 109 cm³/mol. The lowest BCUT2D eigenvalue weighted by atomic mass is 9.87. The van der Waals surface area contributed by atoms with Gasteiger partial charge in [0.15, 0.2) is 18.1 Å². The van der Waals surface area contributed by atoms with E-state index in [0.29, 0.717) is 30.2 Å². The Bertz CT molecular complexity index is 846. The molecule has 0 aromatic heterocycles. The van der Waals surface area contributed by atoms with Crippen molar-refractivity contribution in [3.63, 3.8) is 0 Å². The van der Waals surface area contributed by atoms with E-state index < -0.39 is 0 Å². The molecule has 0 N–H and O–H groups in total. The van der Waals surface area contributed by atoms with Crippen molar-refractivity contribution in [2.75, 3.05) is 20.3 Å². The second kappa shape index (κ2) is 9.27. The van der Waals surface area contributed by atoms with Crippen LogP contribution in [0.3, 0.4) is 0 Å². The molecule has 0 radical (unpaired) electrons. The molecule has 0 saturated carbocycles. The first kappa shape index (κ1) is 21.3. The number of ether oxygens (including phenoxy) is 2. The predicted octanol–water partition coefficient (Wildman–Crippen LogP) is 4.29. The van der Waals surface area contributed by atoms with Gasteiger partial charge in [-0.15, -0.1) is 0 Å². The molecule has 0 bridgehead atoms. The fourth-order valence-electron chi connectivity index (χ4n) is 2.69. The molecular weight excluding hydrogens is 352 g/mol. The molecule has 0 unspecified atom stereocenters. The summed E-state index contributed by atoms with van der Waals surface area (Å²) < 4.78 is 11.2. The standard InChI is InChI=1S/C23H28N2O3/c1-6-27-21-13-18(14-24)9-12-20(21)28-16-22(26)25(5)15-17-7-10-19(11-8-17)23(2,3)4/h7-13H,6,15-16H2,1-5H3. The average molecular weight is 380 g/mol. The highest BCUT2D eigenvalue weighted by Crippen LogP contribution is 2.28. The zero-order chi connectivity index (χ0) is 20.7. The molecule has 0 aliphatic carbocycles. The summed E-state index contributed by atoms with van der Waals surface area (Å²) in [7, 11) is 1.76. The average Bonchev–Trinajstić information content (AvgIpc) is 2.66. The minimum Gasteiger partial charge on any atom is -0.490 e. The maximum atomic E-state index is 12.4. The SMILES string of the molecule is CCOc1cc(C#N)ccc1OCC(=O)N(C)Cc1ccc(C(C)(C)C)cc1. The third-order valence-electron chi connectivity index (χ3n) is 4.39. The maximum absolute atomic E-state index is 12.4. The van der Waals surface area contributed by atoms with E-state index in [1.54, 1.807) is 30.1 Å². The van der Waals surface area contributed by atoms with Crippen molar-refractivity contribution in [2.45, 2.75) is 39.7 Å². The quantitative estimate of drug-likeness (QED) is 0.719. The number of benzene rings is 2. The van der Waals surface area contributed by atoms with Crippen LogP contribution in [0.1, 0.15) is 44.4 Å². The second-order valence-corrected chi connectivity index (χ2v) is 7.69. The maximum Gasteiger partial charge on any atom is 0.260 e. The fourth-order valence-corrected chi connectivity index (χ4v) is 2.69. The highest BCUT2D eigenvalue weighted by Gasteiger charge is 2.15. The molecule has 28 heavy (non-hydrogen) atoms. The minimum absolute atomic E-state index is 0.0947. The summed E-state index contributed by atoms with van der Waals surface area (Å²) in [6, 6.07) is 15.3. The first-order valence-electron chi connectivity index (χ1n) is 9.37. The van der Waals surface area contributed by atoms with E-state index in [9.17, 15) is 4.79 Å². The van der Waals surface area contributed by atoms with Crippen LogP contribution in [0.4, 0.5) is 0 Å². The number of hydrogen-bond acceptors (Lipinski definition) is 4. The monoisotopic (exact) mass is 380 g/mol. The number of carbonyl (C=O) groups is 1. The number of amides is 1. The molecule has 0 atom stereocenters. The Kier molecular flexibility index (Phi) is 7.06. The lowest BCUT2D eigenvalue weighted by Crippen LogP contribution is -2.31. The molecular formula is C23H28N2O3. The van der Waals surface area contributed by atoms with Gasteiger partial charge in [-0.1, -0.05) is 45.0 Å². The molecule has 0 fully saturated rings. The van der Waals surface area contributed by atoms with Gasteiger partial charge in [-0.3, -0.25) is 4.79 Å². The number of nitrogens with zero attached hydrogens (tertiary/aromatic N) is 2. The summed E-state index contributed by atoms with van der Waals surface area (Å²) in [4.78, 5) is 14.1. The molecule has 2 aromatic rings. The Balaban J connectivity index is 1.97. The van der Waals surface area contributed by atoms with Crippen LogP contribution in [0.2, 0.25) is 0 Å². The van der Waals surface area contributed by atoms with E-state index in [1.807, 2.05) is 6.92 Å². The number of nitriles is 1. The van der Waals surface area contributed by atoms with Crippen LogP contribution in [0.5, 0.6) is 11.5 Å². The van der Waals surface area contributed by atoms with Gasteiger partial charge in [0.25, 0.3) is 5.91 Å². The van der Waals surface area contributed by atoms with E-state index in [-0.39, 0.29) is 17.9 Å². The van der Waals surface area contributed by atoms with Gasteiger partial charge in [0.1, 0.15) is 0 Å². The van der Waals surface area contributed by atoms with Gasteiger partial charge in [0.2, 0.25) is 0 Å². The third kappa shape index (κ3) is 5.75. The van der Waals surface area contributed by atoms with Gasteiger partial charge < -0.3 is 14.4 Å². The lowest BCUT2D eigenvalue weighted by Gasteiger charge is -2.21. The number of hydrogen-bond donors (Lipinski definition) is 0. The Morgan fingerprint density at radius 1 is 1.07 bits per heavy atom. The number of carbonyl (C=O) groups excluding carboxylic acids is 1. The van der Waals surface area contributed by atoms with E-state index in [2.05, 4.69) is 51.1 Å². The van der Waals surface area contributed by atoms with Crippen LogP contribution >= 0.6 is 0 Å². The lowest BCUT2D eigenvalue weighted by molar-refractivity contribution is -0.132. The van der Waals surface area contributed by atoms with Crippen molar-refractivity contribution >= 4 is 5.91 Å².